The third-order valence-electron chi connectivity index (χ3n) is 3.84. The summed E-state index contributed by atoms with van der Waals surface area (Å²) in [5.41, 5.74) is 1.31. The van der Waals surface area contributed by atoms with Crippen LogP contribution in [-0.2, 0) is 0 Å². The number of Topliss-reactive ketones (excluding diaryl/α,β-unsaturated/α-hetero) is 1. The van der Waals surface area contributed by atoms with Gasteiger partial charge in [0.25, 0.3) is 0 Å². The van der Waals surface area contributed by atoms with Crippen molar-refractivity contribution in [3.8, 4) is 0 Å². The minimum absolute atomic E-state index is 0.192. The molecule has 1 aliphatic carbocycles. The second-order valence-corrected chi connectivity index (χ2v) is 5.55. The van der Waals surface area contributed by atoms with Gasteiger partial charge in [-0.2, -0.15) is 0 Å². The smallest absolute Gasteiger partial charge is 0.231 e. The summed E-state index contributed by atoms with van der Waals surface area (Å²) in [5, 5.41) is 11.7. The van der Waals surface area contributed by atoms with E-state index in [1.54, 1.807) is 24.3 Å². The summed E-state index contributed by atoms with van der Waals surface area (Å²) in [6.07, 6.45) is 0. The first-order valence-corrected chi connectivity index (χ1v) is 6.95. The van der Waals surface area contributed by atoms with Gasteiger partial charge in [0.2, 0.25) is 6.04 Å². The summed E-state index contributed by atoms with van der Waals surface area (Å²) in [4.78, 5) is 23.3. The van der Waals surface area contributed by atoms with Gasteiger partial charge in [-0.05, 0) is 29.8 Å². The maximum atomic E-state index is 12.5. The van der Waals surface area contributed by atoms with Crippen LogP contribution in [0.15, 0.2) is 54.6 Å². The Kier molecular flexibility index (Phi) is 3.47. The molecule has 3 atom stereocenters. The average molecular weight is 302 g/mol. The molecule has 1 saturated carbocycles. The Labute approximate surface area is 126 Å². The van der Waals surface area contributed by atoms with E-state index in [4.69, 9.17) is 11.6 Å². The lowest BCUT2D eigenvalue weighted by Gasteiger charge is -1.99. The van der Waals surface area contributed by atoms with Gasteiger partial charge in [0, 0.05) is 15.5 Å². The van der Waals surface area contributed by atoms with Crippen molar-refractivity contribution in [2.45, 2.75) is 12.0 Å². The molecule has 0 amide bonds. The van der Waals surface area contributed by atoms with E-state index >= 15 is 0 Å². The van der Waals surface area contributed by atoms with E-state index in [1.165, 1.54) is 0 Å². The third-order valence-corrected chi connectivity index (χ3v) is 4.09. The van der Waals surface area contributed by atoms with Crippen molar-refractivity contribution in [2.24, 2.45) is 5.92 Å². The van der Waals surface area contributed by atoms with Crippen LogP contribution in [0.4, 0.5) is 0 Å². The predicted octanol–water partition coefficient (Wildman–Crippen LogP) is 3.58. The number of carbonyl (C=O) groups is 1. The van der Waals surface area contributed by atoms with Crippen LogP contribution in [0.25, 0.3) is 0 Å². The number of nitro groups is 1. The summed E-state index contributed by atoms with van der Waals surface area (Å²) in [6.45, 7) is 0. The van der Waals surface area contributed by atoms with Gasteiger partial charge in [-0.3, -0.25) is 14.9 Å². The molecule has 0 unspecified atom stereocenters. The van der Waals surface area contributed by atoms with Crippen LogP contribution in [-0.4, -0.2) is 16.7 Å². The Hall–Kier alpha value is -2.20. The minimum atomic E-state index is -0.837. The maximum absolute atomic E-state index is 12.5. The Morgan fingerprint density at radius 2 is 1.67 bits per heavy atom. The van der Waals surface area contributed by atoms with Crippen molar-refractivity contribution in [2.75, 3.05) is 0 Å². The highest BCUT2D eigenvalue weighted by atomic mass is 35.5. The monoisotopic (exact) mass is 301 g/mol. The molecule has 0 radical (unpaired) electrons. The number of benzene rings is 2. The quantitative estimate of drug-likeness (QED) is 0.492. The van der Waals surface area contributed by atoms with Gasteiger partial charge >= 0.3 is 0 Å². The van der Waals surface area contributed by atoms with E-state index in [9.17, 15) is 14.9 Å². The third kappa shape index (κ3) is 2.54. The largest absolute Gasteiger partial charge is 0.294 e. The van der Waals surface area contributed by atoms with E-state index in [-0.39, 0.29) is 16.6 Å². The zero-order valence-electron chi connectivity index (χ0n) is 11.0. The summed E-state index contributed by atoms with van der Waals surface area (Å²) >= 11 is 5.80. The molecule has 2 aromatic rings. The van der Waals surface area contributed by atoms with E-state index < -0.39 is 12.0 Å². The standard InChI is InChI=1S/C16H12ClNO3/c17-12-8-6-11(7-9-12)16(19)14-13(15(14)18(20)21)10-4-2-1-3-5-10/h1-9,13-15H/t13-,14-,15-/m1/s1. The SMILES string of the molecule is O=C(c1ccc(Cl)cc1)[C@@H]1[C@@H](c2ccccc2)[C@H]1[N+](=O)[O-]. The molecule has 1 aliphatic rings. The molecule has 5 heteroatoms. The molecular weight excluding hydrogens is 290 g/mol. The van der Waals surface area contributed by atoms with Gasteiger partial charge in [-0.25, -0.2) is 0 Å². The molecule has 0 bridgehead atoms. The first kappa shape index (κ1) is 13.8. The Balaban J connectivity index is 1.88. The highest BCUT2D eigenvalue weighted by molar-refractivity contribution is 6.30. The van der Waals surface area contributed by atoms with Crippen LogP contribution in [0.5, 0.6) is 0 Å². The van der Waals surface area contributed by atoms with Crippen molar-refractivity contribution < 1.29 is 9.72 Å². The molecule has 0 spiro atoms. The van der Waals surface area contributed by atoms with Crippen LogP contribution in [0.3, 0.4) is 0 Å². The van der Waals surface area contributed by atoms with Crippen molar-refractivity contribution >= 4 is 17.4 Å². The summed E-state index contributed by atoms with van der Waals surface area (Å²) < 4.78 is 0. The maximum Gasteiger partial charge on any atom is 0.231 e. The number of hydrogen-bond acceptors (Lipinski definition) is 3. The zero-order chi connectivity index (χ0) is 15.0. The molecular formula is C16H12ClNO3. The summed E-state index contributed by atoms with van der Waals surface area (Å²) in [6, 6.07) is 14.8. The van der Waals surface area contributed by atoms with Gasteiger partial charge in [0.1, 0.15) is 5.92 Å². The molecule has 0 heterocycles. The zero-order valence-corrected chi connectivity index (χ0v) is 11.7. The van der Waals surface area contributed by atoms with Crippen molar-refractivity contribution in [1.82, 2.24) is 0 Å². The normalized spacial score (nSPS) is 23.6. The fourth-order valence-electron chi connectivity index (χ4n) is 2.76. The van der Waals surface area contributed by atoms with Gasteiger partial charge in [0.15, 0.2) is 5.78 Å². The van der Waals surface area contributed by atoms with Crippen LogP contribution in [0.2, 0.25) is 5.02 Å². The van der Waals surface area contributed by atoms with Gasteiger partial charge < -0.3 is 0 Å². The summed E-state index contributed by atoms with van der Waals surface area (Å²) in [5.74, 6) is -1.13. The lowest BCUT2D eigenvalue weighted by molar-refractivity contribution is -0.498. The van der Waals surface area contributed by atoms with Gasteiger partial charge in [-0.15, -0.1) is 0 Å². The van der Waals surface area contributed by atoms with Gasteiger partial charge in [-0.1, -0.05) is 41.9 Å². The Morgan fingerprint density at radius 1 is 1.05 bits per heavy atom. The van der Waals surface area contributed by atoms with Crippen LogP contribution < -0.4 is 0 Å². The molecule has 3 rings (SSSR count). The average Bonchev–Trinajstić information content (AvgIpc) is 3.24. The Morgan fingerprint density at radius 3 is 2.24 bits per heavy atom. The summed E-state index contributed by atoms with van der Waals surface area (Å²) in [7, 11) is 0. The van der Waals surface area contributed by atoms with Crippen molar-refractivity contribution in [3.05, 3.63) is 80.9 Å². The number of ketones is 1. The predicted molar refractivity (Wildman–Crippen MR) is 79.2 cm³/mol. The van der Waals surface area contributed by atoms with Crippen LogP contribution >= 0.6 is 11.6 Å². The molecule has 0 aliphatic heterocycles. The molecule has 1 fully saturated rings. The second-order valence-electron chi connectivity index (χ2n) is 5.11. The minimum Gasteiger partial charge on any atom is -0.294 e. The second kappa shape index (κ2) is 5.30. The molecule has 2 aromatic carbocycles. The molecule has 0 aromatic heterocycles. The first-order valence-electron chi connectivity index (χ1n) is 6.58. The van der Waals surface area contributed by atoms with Crippen molar-refractivity contribution in [1.29, 1.82) is 0 Å². The number of hydrogen-bond donors (Lipinski definition) is 0. The molecule has 21 heavy (non-hydrogen) atoms. The highest BCUT2D eigenvalue weighted by Crippen LogP contribution is 2.51. The van der Waals surface area contributed by atoms with E-state index in [1.807, 2.05) is 30.3 Å². The lowest BCUT2D eigenvalue weighted by Crippen LogP contribution is -2.10. The van der Waals surface area contributed by atoms with Gasteiger partial charge in [0.05, 0.1) is 5.92 Å². The van der Waals surface area contributed by atoms with Crippen molar-refractivity contribution in [3.63, 3.8) is 0 Å². The molecule has 106 valence electrons. The molecule has 0 saturated heterocycles. The fraction of sp³-hybridized carbons (Fsp3) is 0.188. The lowest BCUT2D eigenvalue weighted by atomic mass is 10.0. The first-order chi connectivity index (χ1) is 10.1. The van der Waals surface area contributed by atoms with E-state index in [2.05, 4.69) is 0 Å². The number of carbonyl (C=O) groups excluding carboxylic acids is 1. The van der Waals surface area contributed by atoms with E-state index in [0.717, 1.165) is 5.56 Å². The van der Waals surface area contributed by atoms with E-state index in [0.29, 0.717) is 10.6 Å². The fourth-order valence-corrected chi connectivity index (χ4v) is 2.89. The Bertz CT molecular complexity index is 684. The molecule has 0 N–H and O–H groups in total. The van der Waals surface area contributed by atoms with Crippen LogP contribution in [0.1, 0.15) is 21.8 Å². The van der Waals surface area contributed by atoms with Crippen LogP contribution in [0, 0.1) is 16.0 Å². The molecule has 4 nitrogen and oxygen atoms in total. The number of nitrogens with zero attached hydrogens (tertiary/aromatic N) is 1. The number of halogens is 1. The number of rotatable bonds is 4. The topological polar surface area (TPSA) is 60.2 Å². The highest BCUT2D eigenvalue weighted by Gasteiger charge is 2.64.